The van der Waals surface area contributed by atoms with Gasteiger partial charge in [0, 0.05) is 31.5 Å². The minimum absolute atomic E-state index is 0.0443. The van der Waals surface area contributed by atoms with Crippen molar-refractivity contribution in [2.45, 2.75) is 18.9 Å². The molecule has 2 aromatic carbocycles. The number of likely N-dealkylation sites (tertiary alicyclic amines) is 1. The van der Waals surface area contributed by atoms with Crippen LogP contribution in [0.1, 0.15) is 23.2 Å². The number of hydrogen-bond acceptors (Lipinski definition) is 5. The van der Waals surface area contributed by atoms with Crippen LogP contribution in [-0.4, -0.2) is 42.1 Å². The summed E-state index contributed by atoms with van der Waals surface area (Å²) in [6.07, 6.45) is 1.63. The van der Waals surface area contributed by atoms with E-state index in [1.54, 1.807) is 31.4 Å². The average Bonchev–Trinajstić information content (AvgIpc) is 3.12. The highest BCUT2D eigenvalue weighted by atomic mass is 35.5. The van der Waals surface area contributed by atoms with Crippen LogP contribution in [0.5, 0.6) is 10.9 Å². The fourth-order valence-corrected chi connectivity index (χ4v) is 4.36. The van der Waals surface area contributed by atoms with Crippen LogP contribution in [0.25, 0.3) is 10.2 Å². The smallest absolute Gasteiger partial charge is 0.274 e. The van der Waals surface area contributed by atoms with Gasteiger partial charge in [0.05, 0.1) is 16.8 Å². The molecule has 0 spiro atoms. The number of amides is 1. The molecule has 7 heteroatoms. The van der Waals surface area contributed by atoms with Gasteiger partial charge in [-0.3, -0.25) is 4.79 Å². The topological polar surface area (TPSA) is 51.7 Å². The van der Waals surface area contributed by atoms with E-state index < -0.39 is 0 Å². The number of rotatable bonds is 4. The van der Waals surface area contributed by atoms with Crippen LogP contribution >= 0.6 is 22.9 Å². The number of hydrogen-bond donors (Lipinski definition) is 0. The third-order valence-corrected chi connectivity index (χ3v) is 5.90. The first-order valence-corrected chi connectivity index (χ1v) is 9.98. The lowest BCUT2D eigenvalue weighted by Crippen LogP contribution is -2.41. The Morgan fingerprint density at radius 1 is 1.19 bits per heavy atom. The summed E-state index contributed by atoms with van der Waals surface area (Å²) in [6.45, 7) is 1.34. The Balaban J connectivity index is 1.36. The lowest BCUT2D eigenvalue weighted by Gasteiger charge is -2.31. The molecule has 2 heterocycles. The molecule has 0 radical (unpaired) electrons. The molecule has 1 fully saturated rings. The number of aromatic nitrogens is 1. The van der Waals surface area contributed by atoms with Crippen molar-refractivity contribution in [1.82, 2.24) is 9.88 Å². The van der Waals surface area contributed by atoms with E-state index >= 15 is 0 Å². The number of halogens is 1. The first-order chi connectivity index (χ1) is 13.1. The summed E-state index contributed by atoms with van der Waals surface area (Å²) >= 11 is 7.68. The number of piperidine rings is 1. The van der Waals surface area contributed by atoms with E-state index in [0.717, 1.165) is 28.8 Å². The van der Waals surface area contributed by atoms with E-state index in [2.05, 4.69) is 4.98 Å². The number of carbonyl (C=O) groups excluding carboxylic acids is 1. The van der Waals surface area contributed by atoms with E-state index in [-0.39, 0.29) is 12.0 Å². The van der Waals surface area contributed by atoms with Crippen molar-refractivity contribution in [3.63, 3.8) is 0 Å². The van der Waals surface area contributed by atoms with Gasteiger partial charge in [0.25, 0.3) is 11.1 Å². The first-order valence-electron chi connectivity index (χ1n) is 8.79. The summed E-state index contributed by atoms with van der Waals surface area (Å²) < 4.78 is 12.2. The Hall–Kier alpha value is -2.31. The van der Waals surface area contributed by atoms with Gasteiger partial charge in [-0.2, -0.15) is 0 Å². The van der Waals surface area contributed by atoms with Crippen LogP contribution in [-0.2, 0) is 0 Å². The third-order valence-electron chi connectivity index (χ3n) is 4.68. The standard InChI is InChI=1S/C20H19ClN2O3S/c1-25-14-7-5-13(6-8-14)19(24)23-11-9-15(10-12-23)26-20-22-18-16(21)3-2-4-17(18)27-20/h2-8,15H,9-12H2,1H3. The first kappa shape index (κ1) is 18.1. The Labute approximate surface area is 166 Å². The molecule has 4 rings (SSSR count). The molecule has 0 saturated carbocycles. The van der Waals surface area contributed by atoms with Crippen molar-refractivity contribution < 1.29 is 14.3 Å². The number of fused-ring (bicyclic) bond motifs is 1. The molecule has 0 unspecified atom stereocenters. The maximum absolute atomic E-state index is 12.6. The van der Waals surface area contributed by atoms with Crippen molar-refractivity contribution in [1.29, 1.82) is 0 Å². The van der Waals surface area contributed by atoms with Gasteiger partial charge < -0.3 is 14.4 Å². The molecular weight excluding hydrogens is 384 g/mol. The van der Waals surface area contributed by atoms with E-state index in [0.29, 0.717) is 28.9 Å². The SMILES string of the molecule is COc1ccc(C(=O)N2CCC(Oc3nc4c(Cl)cccc4s3)CC2)cc1. The molecule has 1 aromatic heterocycles. The number of benzene rings is 2. The Bertz CT molecular complexity index is 950. The van der Waals surface area contributed by atoms with E-state index in [9.17, 15) is 4.79 Å². The molecule has 140 valence electrons. The third kappa shape index (κ3) is 3.87. The number of para-hydroxylation sites is 1. The van der Waals surface area contributed by atoms with Gasteiger partial charge in [0.1, 0.15) is 17.4 Å². The van der Waals surface area contributed by atoms with Gasteiger partial charge in [0.15, 0.2) is 0 Å². The normalized spacial score (nSPS) is 15.1. The van der Waals surface area contributed by atoms with Crippen LogP contribution in [0.4, 0.5) is 0 Å². The molecule has 0 atom stereocenters. The van der Waals surface area contributed by atoms with Crippen LogP contribution < -0.4 is 9.47 Å². The monoisotopic (exact) mass is 402 g/mol. The maximum Gasteiger partial charge on any atom is 0.274 e. The molecule has 1 saturated heterocycles. The second-order valence-electron chi connectivity index (χ2n) is 6.40. The van der Waals surface area contributed by atoms with E-state index in [4.69, 9.17) is 21.1 Å². The number of carbonyl (C=O) groups is 1. The molecule has 1 aliphatic heterocycles. The fraction of sp³-hybridized carbons (Fsp3) is 0.300. The van der Waals surface area contributed by atoms with Gasteiger partial charge in [0.2, 0.25) is 0 Å². The van der Waals surface area contributed by atoms with Crippen LogP contribution in [0.3, 0.4) is 0 Å². The summed E-state index contributed by atoms with van der Waals surface area (Å²) in [7, 11) is 1.61. The number of thiazole rings is 1. The maximum atomic E-state index is 12.6. The molecule has 0 N–H and O–H groups in total. The zero-order chi connectivity index (χ0) is 18.8. The lowest BCUT2D eigenvalue weighted by molar-refractivity contribution is 0.0595. The lowest BCUT2D eigenvalue weighted by atomic mass is 10.1. The van der Waals surface area contributed by atoms with Crippen molar-refractivity contribution in [2.75, 3.05) is 20.2 Å². The Morgan fingerprint density at radius 2 is 1.93 bits per heavy atom. The van der Waals surface area contributed by atoms with Crippen LogP contribution in [0.2, 0.25) is 5.02 Å². The average molecular weight is 403 g/mol. The van der Waals surface area contributed by atoms with Crippen molar-refractivity contribution in [3.8, 4) is 10.9 Å². The van der Waals surface area contributed by atoms with Crippen LogP contribution in [0, 0.1) is 0 Å². The fourth-order valence-electron chi connectivity index (χ4n) is 3.18. The quantitative estimate of drug-likeness (QED) is 0.637. The molecule has 27 heavy (non-hydrogen) atoms. The number of nitrogens with zero attached hydrogens (tertiary/aromatic N) is 2. The summed E-state index contributed by atoms with van der Waals surface area (Å²) in [5.74, 6) is 0.789. The predicted molar refractivity (Wildman–Crippen MR) is 107 cm³/mol. The molecule has 1 aliphatic rings. The zero-order valence-electron chi connectivity index (χ0n) is 14.9. The van der Waals surface area contributed by atoms with Crippen molar-refractivity contribution >= 4 is 39.1 Å². The number of methoxy groups -OCH3 is 1. The van der Waals surface area contributed by atoms with Gasteiger partial charge in [-0.15, -0.1) is 0 Å². The molecule has 0 bridgehead atoms. The van der Waals surface area contributed by atoms with E-state index in [1.165, 1.54) is 11.3 Å². The van der Waals surface area contributed by atoms with Crippen molar-refractivity contribution in [3.05, 3.63) is 53.1 Å². The van der Waals surface area contributed by atoms with Gasteiger partial charge in [-0.05, 0) is 36.4 Å². The predicted octanol–water partition coefficient (Wildman–Crippen LogP) is 4.64. The summed E-state index contributed by atoms with van der Waals surface area (Å²) in [4.78, 5) is 19.0. The Morgan fingerprint density at radius 3 is 2.59 bits per heavy atom. The summed E-state index contributed by atoms with van der Waals surface area (Å²) in [5.41, 5.74) is 1.46. The molecule has 3 aromatic rings. The Kier molecular flexibility index (Phi) is 5.18. The molecule has 5 nitrogen and oxygen atoms in total. The highest BCUT2D eigenvalue weighted by Crippen LogP contribution is 2.33. The second-order valence-corrected chi connectivity index (χ2v) is 7.80. The van der Waals surface area contributed by atoms with E-state index in [1.807, 2.05) is 23.1 Å². The summed E-state index contributed by atoms with van der Waals surface area (Å²) in [5, 5.41) is 1.27. The van der Waals surface area contributed by atoms with Crippen LogP contribution in [0.15, 0.2) is 42.5 Å². The highest BCUT2D eigenvalue weighted by molar-refractivity contribution is 7.20. The summed E-state index contributed by atoms with van der Waals surface area (Å²) in [6, 6.07) is 12.9. The van der Waals surface area contributed by atoms with Crippen molar-refractivity contribution in [2.24, 2.45) is 0 Å². The van der Waals surface area contributed by atoms with Gasteiger partial charge in [-0.25, -0.2) is 4.98 Å². The second kappa shape index (κ2) is 7.74. The molecule has 1 amide bonds. The highest BCUT2D eigenvalue weighted by Gasteiger charge is 2.25. The van der Waals surface area contributed by atoms with Gasteiger partial charge >= 0.3 is 0 Å². The molecular formula is C20H19ClN2O3S. The minimum atomic E-state index is 0.0443. The zero-order valence-corrected chi connectivity index (χ0v) is 16.4. The molecule has 0 aliphatic carbocycles. The largest absolute Gasteiger partial charge is 0.497 e. The minimum Gasteiger partial charge on any atom is -0.497 e. The van der Waals surface area contributed by atoms with Gasteiger partial charge in [-0.1, -0.05) is 29.0 Å². The number of ether oxygens (including phenoxy) is 2.